The maximum Gasteiger partial charge on any atom is 0.123 e. The highest BCUT2D eigenvalue weighted by atomic mass is 19.1. The number of rotatable bonds is 4. The van der Waals surface area contributed by atoms with Crippen molar-refractivity contribution in [3.05, 3.63) is 53.4 Å². The lowest BCUT2D eigenvalue weighted by molar-refractivity contribution is 0.173. The molecule has 4 heteroatoms. The van der Waals surface area contributed by atoms with Crippen molar-refractivity contribution < 1.29 is 9.50 Å². The molecule has 18 heavy (non-hydrogen) atoms. The Morgan fingerprint density at radius 1 is 1.44 bits per heavy atom. The maximum atomic E-state index is 13.0. The van der Waals surface area contributed by atoms with Crippen molar-refractivity contribution in [1.29, 1.82) is 0 Å². The van der Waals surface area contributed by atoms with E-state index in [1.54, 1.807) is 19.2 Å². The summed E-state index contributed by atoms with van der Waals surface area (Å²) in [5, 5.41) is 10.2. The molecule has 0 saturated carbocycles. The summed E-state index contributed by atoms with van der Waals surface area (Å²) in [6, 6.07) is 4.44. The molecule has 0 spiro atoms. The first-order valence-corrected chi connectivity index (χ1v) is 6.06. The van der Waals surface area contributed by atoms with E-state index in [9.17, 15) is 9.50 Å². The molecule has 1 aromatic heterocycles. The number of aromatic nitrogens is 2. The van der Waals surface area contributed by atoms with E-state index in [1.807, 2.05) is 17.7 Å². The van der Waals surface area contributed by atoms with E-state index in [2.05, 4.69) is 4.98 Å². The van der Waals surface area contributed by atoms with Crippen LogP contribution in [0, 0.1) is 12.7 Å². The number of aliphatic hydroxyl groups excluding tert-OH is 1. The second-order valence-electron chi connectivity index (χ2n) is 4.35. The van der Waals surface area contributed by atoms with Crippen molar-refractivity contribution in [2.75, 3.05) is 0 Å². The van der Waals surface area contributed by atoms with Gasteiger partial charge in [-0.2, -0.15) is 0 Å². The molecule has 0 aliphatic heterocycles. The predicted octanol–water partition coefficient (Wildman–Crippen LogP) is 2.63. The molecule has 2 rings (SSSR count). The minimum Gasteiger partial charge on any atom is -0.388 e. The minimum absolute atomic E-state index is 0.279. The van der Waals surface area contributed by atoms with Crippen LogP contribution in [-0.4, -0.2) is 14.7 Å². The Morgan fingerprint density at radius 2 is 2.22 bits per heavy atom. The van der Waals surface area contributed by atoms with Crippen molar-refractivity contribution in [3.63, 3.8) is 0 Å². The van der Waals surface area contributed by atoms with E-state index in [1.165, 1.54) is 12.1 Å². The van der Waals surface area contributed by atoms with E-state index < -0.39 is 6.10 Å². The zero-order chi connectivity index (χ0) is 13.1. The number of aryl methyl sites for hydroxylation is 2. The maximum absolute atomic E-state index is 13.0. The van der Waals surface area contributed by atoms with Gasteiger partial charge in [-0.1, -0.05) is 6.07 Å². The number of hydrogen-bond donors (Lipinski definition) is 1. The SMILES string of the molecule is CCn1ccnc1CC(O)c1ccc(F)cc1C. The van der Waals surface area contributed by atoms with Gasteiger partial charge in [0.25, 0.3) is 0 Å². The van der Waals surface area contributed by atoms with Gasteiger partial charge in [-0.05, 0) is 37.1 Å². The van der Waals surface area contributed by atoms with Crippen molar-refractivity contribution >= 4 is 0 Å². The van der Waals surface area contributed by atoms with Crippen molar-refractivity contribution in [3.8, 4) is 0 Å². The topological polar surface area (TPSA) is 38.0 Å². The van der Waals surface area contributed by atoms with Crippen LogP contribution in [0.15, 0.2) is 30.6 Å². The molecule has 3 nitrogen and oxygen atoms in total. The van der Waals surface area contributed by atoms with Crippen molar-refractivity contribution in [1.82, 2.24) is 9.55 Å². The molecule has 1 N–H and O–H groups in total. The lowest BCUT2D eigenvalue weighted by atomic mass is 10.0. The first-order valence-electron chi connectivity index (χ1n) is 6.06. The molecule has 2 aromatic rings. The van der Waals surface area contributed by atoms with Crippen LogP contribution in [0.4, 0.5) is 4.39 Å². The lowest BCUT2D eigenvalue weighted by Gasteiger charge is -2.14. The van der Waals surface area contributed by atoms with Crippen LogP contribution < -0.4 is 0 Å². The van der Waals surface area contributed by atoms with Gasteiger partial charge in [-0.25, -0.2) is 9.37 Å². The standard InChI is InChI=1S/C14H17FN2O/c1-3-17-7-6-16-14(17)9-13(18)12-5-4-11(15)8-10(12)2/h4-8,13,18H,3,9H2,1-2H3. The fourth-order valence-corrected chi connectivity index (χ4v) is 2.11. The third kappa shape index (κ3) is 2.59. The molecule has 1 unspecified atom stereocenters. The van der Waals surface area contributed by atoms with Gasteiger partial charge in [0.15, 0.2) is 0 Å². The van der Waals surface area contributed by atoms with E-state index >= 15 is 0 Å². The number of benzene rings is 1. The van der Waals surface area contributed by atoms with Gasteiger partial charge in [0.2, 0.25) is 0 Å². The Kier molecular flexibility index (Phi) is 3.77. The van der Waals surface area contributed by atoms with E-state index in [4.69, 9.17) is 0 Å². The van der Waals surface area contributed by atoms with Gasteiger partial charge in [0.05, 0.1) is 6.10 Å². The Hall–Kier alpha value is -1.68. The molecule has 0 aliphatic carbocycles. The second-order valence-corrected chi connectivity index (χ2v) is 4.35. The van der Waals surface area contributed by atoms with Crippen LogP contribution in [0.5, 0.6) is 0 Å². The molecule has 1 aromatic carbocycles. The molecule has 0 fully saturated rings. The van der Waals surface area contributed by atoms with Gasteiger partial charge in [-0.15, -0.1) is 0 Å². The third-order valence-electron chi connectivity index (χ3n) is 3.11. The largest absolute Gasteiger partial charge is 0.388 e. The fourth-order valence-electron chi connectivity index (χ4n) is 2.11. The summed E-state index contributed by atoms with van der Waals surface area (Å²) in [5.41, 5.74) is 1.51. The van der Waals surface area contributed by atoms with Gasteiger partial charge in [0.1, 0.15) is 11.6 Å². The van der Waals surface area contributed by atoms with Crippen LogP contribution in [0.1, 0.15) is 30.0 Å². The zero-order valence-electron chi connectivity index (χ0n) is 10.6. The smallest absolute Gasteiger partial charge is 0.123 e. The predicted molar refractivity (Wildman–Crippen MR) is 67.7 cm³/mol. The Morgan fingerprint density at radius 3 is 2.89 bits per heavy atom. The van der Waals surface area contributed by atoms with Crippen LogP contribution in [0.25, 0.3) is 0 Å². The summed E-state index contributed by atoms with van der Waals surface area (Å²) in [7, 11) is 0. The van der Waals surface area contributed by atoms with Crippen LogP contribution in [-0.2, 0) is 13.0 Å². The molecule has 0 amide bonds. The lowest BCUT2D eigenvalue weighted by Crippen LogP contribution is -2.09. The molecule has 0 aliphatic rings. The monoisotopic (exact) mass is 248 g/mol. The quantitative estimate of drug-likeness (QED) is 0.903. The van der Waals surface area contributed by atoms with Crippen LogP contribution >= 0.6 is 0 Å². The number of imidazole rings is 1. The average Bonchev–Trinajstić information content (AvgIpc) is 2.76. The molecule has 0 saturated heterocycles. The summed E-state index contributed by atoms with van der Waals surface area (Å²) in [6.45, 7) is 4.65. The summed E-state index contributed by atoms with van der Waals surface area (Å²) >= 11 is 0. The first kappa shape index (κ1) is 12.8. The summed E-state index contributed by atoms with van der Waals surface area (Å²) in [4.78, 5) is 4.23. The van der Waals surface area contributed by atoms with E-state index in [-0.39, 0.29) is 5.82 Å². The highest BCUT2D eigenvalue weighted by Crippen LogP contribution is 2.21. The highest BCUT2D eigenvalue weighted by Gasteiger charge is 2.14. The first-order chi connectivity index (χ1) is 8.61. The number of nitrogens with zero attached hydrogens (tertiary/aromatic N) is 2. The van der Waals surface area contributed by atoms with Gasteiger partial charge >= 0.3 is 0 Å². The molecular weight excluding hydrogens is 231 g/mol. The molecule has 0 bridgehead atoms. The summed E-state index contributed by atoms with van der Waals surface area (Å²) in [5.74, 6) is 0.562. The average molecular weight is 248 g/mol. The number of hydrogen-bond acceptors (Lipinski definition) is 2. The number of halogens is 1. The van der Waals surface area contributed by atoms with Crippen molar-refractivity contribution in [2.24, 2.45) is 0 Å². The molecular formula is C14H17FN2O. The third-order valence-corrected chi connectivity index (χ3v) is 3.11. The van der Waals surface area contributed by atoms with E-state index in [0.29, 0.717) is 6.42 Å². The minimum atomic E-state index is -0.654. The van der Waals surface area contributed by atoms with E-state index in [0.717, 1.165) is 23.5 Å². The fraction of sp³-hybridized carbons (Fsp3) is 0.357. The second kappa shape index (κ2) is 5.31. The Labute approximate surface area is 106 Å². The van der Waals surface area contributed by atoms with Gasteiger partial charge < -0.3 is 9.67 Å². The zero-order valence-corrected chi connectivity index (χ0v) is 10.6. The normalized spacial score (nSPS) is 12.7. The molecule has 96 valence electrons. The number of aliphatic hydroxyl groups is 1. The van der Waals surface area contributed by atoms with Gasteiger partial charge in [-0.3, -0.25) is 0 Å². The van der Waals surface area contributed by atoms with Crippen molar-refractivity contribution in [2.45, 2.75) is 32.9 Å². The molecule has 1 heterocycles. The molecule has 0 radical (unpaired) electrons. The molecule has 1 atom stereocenters. The van der Waals surface area contributed by atoms with Gasteiger partial charge in [0, 0.05) is 25.4 Å². The summed E-state index contributed by atoms with van der Waals surface area (Å²) < 4.78 is 15.0. The summed E-state index contributed by atoms with van der Waals surface area (Å²) in [6.07, 6.45) is 3.40. The van der Waals surface area contributed by atoms with Crippen LogP contribution in [0.2, 0.25) is 0 Å². The Balaban J connectivity index is 2.19. The van der Waals surface area contributed by atoms with Crippen LogP contribution in [0.3, 0.4) is 0 Å². The highest BCUT2D eigenvalue weighted by molar-refractivity contribution is 5.29. The Bertz CT molecular complexity index is 536.